The molecule has 0 saturated heterocycles. The average molecular weight is 351 g/mol. The van der Waals surface area contributed by atoms with Crippen LogP contribution in [0.2, 0.25) is 0 Å². The van der Waals surface area contributed by atoms with E-state index in [1.54, 1.807) is 39.8 Å². The number of nitrogen functional groups attached to an aromatic ring is 1. The van der Waals surface area contributed by atoms with E-state index < -0.39 is 21.2 Å². The molecule has 0 radical (unpaired) electrons. The summed E-state index contributed by atoms with van der Waals surface area (Å²) in [6.45, 7) is 6.32. The lowest BCUT2D eigenvalue weighted by Gasteiger charge is -2.37. The molecule has 0 aromatic heterocycles. The van der Waals surface area contributed by atoms with Gasteiger partial charge in [-0.05, 0) is 61.8 Å². The van der Waals surface area contributed by atoms with E-state index in [9.17, 15) is 13.5 Å². The van der Waals surface area contributed by atoms with Gasteiger partial charge in [-0.1, -0.05) is 0 Å². The van der Waals surface area contributed by atoms with Gasteiger partial charge in [-0.25, -0.2) is 13.1 Å². The fourth-order valence-electron chi connectivity index (χ4n) is 1.24. The molecule has 0 bridgehead atoms. The van der Waals surface area contributed by atoms with E-state index in [0.29, 0.717) is 10.2 Å². The lowest BCUT2D eigenvalue weighted by Crippen LogP contribution is -2.57. The minimum Gasteiger partial charge on any atom is -0.399 e. The predicted molar refractivity (Wildman–Crippen MR) is 79.3 cm³/mol. The molecule has 7 heteroatoms. The van der Waals surface area contributed by atoms with Crippen LogP contribution in [-0.2, 0) is 10.0 Å². The van der Waals surface area contributed by atoms with Crippen molar-refractivity contribution in [3.05, 3.63) is 22.7 Å². The number of nitrogens with one attached hydrogen (secondary N) is 1. The van der Waals surface area contributed by atoms with Crippen LogP contribution in [0.3, 0.4) is 0 Å². The zero-order valence-electron chi connectivity index (χ0n) is 11.4. The molecule has 108 valence electrons. The molecule has 1 aromatic rings. The van der Waals surface area contributed by atoms with Gasteiger partial charge in [-0.3, -0.25) is 0 Å². The van der Waals surface area contributed by atoms with Crippen molar-refractivity contribution in [2.75, 3.05) is 5.73 Å². The lowest BCUT2D eigenvalue weighted by molar-refractivity contribution is 0.00638. The fourth-order valence-corrected chi connectivity index (χ4v) is 3.78. The van der Waals surface area contributed by atoms with Crippen LogP contribution in [0.15, 0.2) is 27.6 Å². The fraction of sp³-hybridized carbons (Fsp3) is 0.500. The van der Waals surface area contributed by atoms with E-state index in [1.165, 1.54) is 6.07 Å². The number of hydrogen-bond donors (Lipinski definition) is 3. The summed E-state index contributed by atoms with van der Waals surface area (Å²) in [5.74, 6) is 0. The Bertz CT molecular complexity index is 577. The first-order chi connectivity index (χ1) is 8.37. The summed E-state index contributed by atoms with van der Waals surface area (Å²) < 4.78 is 27.6. The Morgan fingerprint density at radius 1 is 1.26 bits per heavy atom. The summed E-state index contributed by atoms with van der Waals surface area (Å²) in [6, 6.07) is 4.54. The molecule has 5 nitrogen and oxygen atoms in total. The first-order valence-corrected chi connectivity index (χ1v) is 7.96. The maximum absolute atomic E-state index is 12.4. The molecule has 0 aliphatic rings. The molecule has 0 heterocycles. The SMILES string of the molecule is CC(C)(O)C(C)(C)NS(=O)(=O)c1cc(N)ccc1Br. The van der Waals surface area contributed by atoms with Gasteiger partial charge in [0.15, 0.2) is 0 Å². The highest BCUT2D eigenvalue weighted by Gasteiger charge is 2.39. The Balaban J connectivity index is 3.23. The van der Waals surface area contributed by atoms with Crippen molar-refractivity contribution >= 4 is 31.6 Å². The molecule has 19 heavy (non-hydrogen) atoms. The van der Waals surface area contributed by atoms with Crippen LogP contribution in [0.5, 0.6) is 0 Å². The van der Waals surface area contributed by atoms with Gasteiger partial charge in [0.2, 0.25) is 10.0 Å². The van der Waals surface area contributed by atoms with Gasteiger partial charge in [-0.2, -0.15) is 0 Å². The molecule has 0 spiro atoms. The Hall–Kier alpha value is -0.630. The summed E-state index contributed by atoms with van der Waals surface area (Å²) in [6.07, 6.45) is 0. The van der Waals surface area contributed by atoms with Crippen LogP contribution in [-0.4, -0.2) is 24.7 Å². The highest BCUT2D eigenvalue weighted by Crippen LogP contribution is 2.28. The van der Waals surface area contributed by atoms with E-state index >= 15 is 0 Å². The topological polar surface area (TPSA) is 92.4 Å². The molecule has 0 amide bonds. The molecule has 4 N–H and O–H groups in total. The van der Waals surface area contributed by atoms with Crippen LogP contribution in [0.4, 0.5) is 5.69 Å². The molecular weight excluding hydrogens is 332 g/mol. The van der Waals surface area contributed by atoms with Crippen LogP contribution in [0.1, 0.15) is 27.7 Å². The summed E-state index contributed by atoms with van der Waals surface area (Å²) in [4.78, 5) is 0.0461. The van der Waals surface area contributed by atoms with Crippen molar-refractivity contribution in [3.63, 3.8) is 0 Å². The highest BCUT2D eigenvalue weighted by molar-refractivity contribution is 9.10. The van der Waals surface area contributed by atoms with Crippen molar-refractivity contribution in [2.45, 2.75) is 43.7 Å². The Labute approximate surface area is 122 Å². The second kappa shape index (κ2) is 5.05. The van der Waals surface area contributed by atoms with E-state index in [0.717, 1.165) is 0 Å². The van der Waals surface area contributed by atoms with Crippen molar-refractivity contribution in [3.8, 4) is 0 Å². The monoisotopic (exact) mass is 350 g/mol. The number of halogens is 1. The van der Waals surface area contributed by atoms with Crippen molar-refractivity contribution in [1.82, 2.24) is 4.72 Å². The molecule has 0 aliphatic carbocycles. The third kappa shape index (κ3) is 3.68. The predicted octanol–water partition coefficient (Wildman–Crippen LogP) is 1.86. The molecule has 0 unspecified atom stereocenters. The molecular formula is C12H19BrN2O3S. The van der Waals surface area contributed by atoms with Crippen LogP contribution in [0, 0.1) is 0 Å². The molecule has 0 fully saturated rings. The minimum absolute atomic E-state index is 0.0461. The standard InChI is InChI=1S/C12H19BrN2O3S/c1-11(2,12(3,4)16)15-19(17,18)10-7-8(14)5-6-9(10)13/h5-7,15-16H,14H2,1-4H3. The van der Waals surface area contributed by atoms with Crippen LogP contribution < -0.4 is 10.5 Å². The van der Waals surface area contributed by atoms with Gasteiger partial charge in [0, 0.05) is 10.2 Å². The van der Waals surface area contributed by atoms with Crippen LogP contribution >= 0.6 is 15.9 Å². The van der Waals surface area contributed by atoms with Gasteiger partial charge >= 0.3 is 0 Å². The maximum Gasteiger partial charge on any atom is 0.242 e. The van der Waals surface area contributed by atoms with Gasteiger partial charge in [0.25, 0.3) is 0 Å². The Kier molecular flexibility index (Phi) is 4.36. The largest absolute Gasteiger partial charge is 0.399 e. The average Bonchev–Trinajstić information content (AvgIpc) is 2.18. The molecule has 0 saturated carbocycles. The number of hydrogen-bond acceptors (Lipinski definition) is 4. The zero-order valence-corrected chi connectivity index (χ0v) is 13.8. The van der Waals surface area contributed by atoms with Crippen LogP contribution in [0.25, 0.3) is 0 Å². The molecule has 0 atom stereocenters. The second-order valence-electron chi connectivity index (χ2n) is 5.48. The number of aliphatic hydroxyl groups is 1. The van der Waals surface area contributed by atoms with E-state index in [-0.39, 0.29) is 4.90 Å². The lowest BCUT2D eigenvalue weighted by atomic mass is 9.87. The van der Waals surface area contributed by atoms with Gasteiger partial charge in [-0.15, -0.1) is 0 Å². The molecule has 0 aliphatic heterocycles. The first-order valence-electron chi connectivity index (χ1n) is 5.68. The summed E-state index contributed by atoms with van der Waals surface area (Å²) >= 11 is 3.19. The Morgan fingerprint density at radius 3 is 2.26 bits per heavy atom. The van der Waals surface area contributed by atoms with E-state index in [2.05, 4.69) is 20.7 Å². The number of benzene rings is 1. The van der Waals surface area contributed by atoms with Crippen molar-refractivity contribution in [2.24, 2.45) is 0 Å². The quantitative estimate of drug-likeness (QED) is 0.722. The highest BCUT2D eigenvalue weighted by atomic mass is 79.9. The number of sulfonamides is 1. The van der Waals surface area contributed by atoms with E-state index in [1.807, 2.05) is 0 Å². The van der Waals surface area contributed by atoms with E-state index in [4.69, 9.17) is 5.73 Å². The summed E-state index contributed by atoms with van der Waals surface area (Å²) in [5.41, 5.74) is 3.72. The van der Waals surface area contributed by atoms with Crippen molar-refractivity contribution < 1.29 is 13.5 Å². The minimum atomic E-state index is -3.79. The first kappa shape index (κ1) is 16.4. The van der Waals surface area contributed by atoms with Crippen molar-refractivity contribution in [1.29, 1.82) is 0 Å². The summed E-state index contributed by atoms with van der Waals surface area (Å²) in [5, 5.41) is 10.0. The molecule has 1 rings (SSSR count). The summed E-state index contributed by atoms with van der Waals surface area (Å²) in [7, 11) is -3.79. The second-order valence-corrected chi connectivity index (χ2v) is 7.98. The van der Waals surface area contributed by atoms with Gasteiger partial charge < -0.3 is 10.8 Å². The number of anilines is 1. The maximum atomic E-state index is 12.4. The Morgan fingerprint density at radius 2 is 1.79 bits per heavy atom. The number of rotatable bonds is 4. The third-order valence-corrected chi connectivity index (χ3v) is 5.81. The normalized spacial score (nSPS) is 13.6. The third-order valence-electron chi connectivity index (χ3n) is 3.16. The molecule has 1 aromatic carbocycles. The smallest absolute Gasteiger partial charge is 0.242 e. The van der Waals surface area contributed by atoms with Gasteiger partial charge in [0.05, 0.1) is 16.0 Å². The zero-order chi connectivity index (χ0) is 15.1. The number of nitrogens with two attached hydrogens (primary N) is 1. The van der Waals surface area contributed by atoms with Gasteiger partial charge in [0.1, 0.15) is 0 Å².